The van der Waals surface area contributed by atoms with Crippen LogP contribution in [0.25, 0.3) is 0 Å². The van der Waals surface area contributed by atoms with E-state index < -0.39 is 11.9 Å². The number of carbonyl (C=O) groups is 2. The first-order chi connectivity index (χ1) is 9.06. The van der Waals surface area contributed by atoms with Gasteiger partial charge in [-0.2, -0.15) is 5.26 Å². The Balaban J connectivity index is 3.02. The summed E-state index contributed by atoms with van der Waals surface area (Å²) < 4.78 is 0. The van der Waals surface area contributed by atoms with E-state index in [9.17, 15) is 9.59 Å². The zero-order valence-electron chi connectivity index (χ0n) is 9.91. The predicted octanol–water partition coefficient (Wildman–Crippen LogP) is 2.23. The Labute approximate surface area is 115 Å². The van der Waals surface area contributed by atoms with Crippen molar-refractivity contribution in [3.63, 3.8) is 0 Å². The molecule has 0 saturated heterocycles. The molecule has 1 rings (SSSR count). The number of hydrogen-bond donors (Lipinski definition) is 1. The third kappa shape index (κ3) is 4.45. The number of nitrogens with zero attached hydrogens (tertiary/aromatic N) is 2. The van der Waals surface area contributed by atoms with Crippen LogP contribution in [0.15, 0.2) is 36.4 Å². The summed E-state index contributed by atoms with van der Waals surface area (Å²) >= 11 is 5.99. The van der Waals surface area contributed by atoms with Gasteiger partial charge in [0.05, 0.1) is 23.2 Å². The lowest BCUT2D eigenvalue weighted by molar-refractivity contribution is -0.131. The van der Waals surface area contributed by atoms with Gasteiger partial charge in [0.1, 0.15) is 0 Å². The van der Waals surface area contributed by atoms with Crippen molar-refractivity contribution < 1.29 is 14.7 Å². The van der Waals surface area contributed by atoms with Crippen LogP contribution < -0.4 is 4.90 Å². The van der Waals surface area contributed by atoms with Crippen molar-refractivity contribution in [3.05, 3.63) is 41.4 Å². The fraction of sp³-hybridized carbons (Fsp3) is 0.154. The van der Waals surface area contributed by atoms with Crippen molar-refractivity contribution >= 4 is 29.2 Å². The number of nitriles is 1. The van der Waals surface area contributed by atoms with E-state index in [0.717, 1.165) is 12.2 Å². The summed E-state index contributed by atoms with van der Waals surface area (Å²) in [5.74, 6) is -1.75. The first-order valence-corrected chi connectivity index (χ1v) is 5.78. The molecule has 0 aromatic heterocycles. The second-order valence-electron chi connectivity index (χ2n) is 3.52. The third-order valence-corrected chi connectivity index (χ3v) is 2.54. The van der Waals surface area contributed by atoms with Crippen LogP contribution in [-0.4, -0.2) is 23.5 Å². The number of para-hydroxylation sites is 1. The van der Waals surface area contributed by atoms with E-state index in [1.807, 2.05) is 6.07 Å². The normalized spacial score (nSPS) is 10.1. The summed E-state index contributed by atoms with van der Waals surface area (Å²) in [4.78, 5) is 23.6. The fourth-order valence-corrected chi connectivity index (χ4v) is 1.65. The second-order valence-corrected chi connectivity index (χ2v) is 3.93. The summed E-state index contributed by atoms with van der Waals surface area (Å²) in [5, 5.41) is 17.5. The molecule has 6 heteroatoms. The molecule has 0 heterocycles. The molecular weight excluding hydrogens is 268 g/mol. The van der Waals surface area contributed by atoms with Crippen molar-refractivity contribution in [1.29, 1.82) is 5.26 Å². The van der Waals surface area contributed by atoms with E-state index in [0.29, 0.717) is 10.7 Å². The monoisotopic (exact) mass is 278 g/mol. The van der Waals surface area contributed by atoms with Gasteiger partial charge in [-0.25, -0.2) is 4.79 Å². The van der Waals surface area contributed by atoms with Gasteiger partial charge < -0.3 is 10.0 Å². The standard InChI is InChI=1S/C13H11ClN2O3/c14-10-4-1-2-5-11(10)16(9-3-8-15)12(17)6-7-13(18)19/h1-2,4-7H,3,9H2,(H,18,19). The molecule has 0 fully saturated rings. The second kappa shape index (κ2) is 7.19. The van der Waals surface area contributed by atoms with Gasteiger partial charge in [0.15, 0.2) is 0 Å². The minimum absolute atomic E-state index is 0.123. The molecule has 5 nitrogen and oxygen atoms in total. The average Bonchev–Trinajstić information content (AvgIpc) is 2.38. The molecule has 0 aliphatic heterocycles. The van der Waals surface area contributed by atoms with Gasteiger partial charge in [-0.3, -0.25) is 4.79 Å². The fourth-order valence-electron chi connectivity index (χ4n) is 1.41. The van der Waals surface area contributed by atoms with Crippen molar-refractivity contribution in [2.45, 2.75) is 6.42 Å². The summed E-state index contributed by atoms with van der Waals surface area (Å²) in [7, 11) is 0. The Morgan fingerprint density at radius 3 is 2.63 bits per heavy atom. The highest BCUT2D eigenvalue weighted by atomic mass is 35.5. The van der Waals surface area contributed by atoms with Crippen LogP contribution >= 0.6 is 11.6 Å². The zero-order chi connectivity index (χ0) is 14.3. The molecule has 1 amide bonds. The molecule has 1 aromatic carbocycles. The Kier molecular flexibility index (Phi) is 5.58. The van der Waals surface area contributed by atoms with Gasteiger partial charge in [0.25, 0.3) is 5.91 Å². The SMILES string of the molecule is N#CCCN(C(=O)C=CC(=O)O)c1ccccc1Cl. The predicted molar refractivity (Wildman–Crippen MR) is 70.8 cm³/mol. The molecule has 0 radical (unpaired) electrons. The molecule has 19 heavy (non-hydrogen) atoms. The van der Waals surface area contributed by atoms with E-state index >= 15 is 0 Å². The number of carboxylic acid groups (broad SMARTS) is 1. The zero-order valence-corrected chi connectivity index (χ0v) is 10.7. The number of carbonyl (C=O) groups excluding carboxylic acids is 1. The van der Waals surface area contributed by atoms with E-state index in [2.05, 4.69) is 0 Å². The lowest BCUT2D eigenvalue weighted by Gasteiger charge is -2.21. The number of amides is 1. The Morgan fingerprint density at radius 2 is 2.05 bits per heavy atom. The maximum Gasteiger partial charge on any atom is 0.328 e. The van der Waals surface area contributed by atoms with Gasteiger partial charge in [-0.15, -0.1) is 0 Å². The molecule has 0 unspecified atom stereocenters. The number of halogens is 1. The highest BCUT2D eigenvalue weighted by Crippen LogP contribution is 2.25. The van der Waals surface area contributed by atoms with Gasteiger partial charge in [0, 0.05) is 18.7 Å². The average molecular weight is 279 g/mol. The maximum atomic E-state index is 11.9. The summed E-state index contributed by atoms with van der Waals surface area (Å²) in [5.41, 5.74) is 0.444. The summed E-state index contributed by atoms with van der Waals surface area (Å²) in [6, 6.07) is 8.59. The Morgan fingerprint density at radius 1 is 1.37 bits per heavy atom. The van der Waals surface area contributed by atoms with E-state index in [1.165, 1.54) is 4.90 Å². The van der Waals surface area contributed by atoms with E-state index in [1.54, 1.807) is 24.3 Å². The number of benzene rings is 1. The molecule has 1 N–H and O–H groups in total. The van der Waals surface area contributed by atoms with Crippen molar-refractivity contribution in [2.24, 2.45) is 0 Å². The lowest BCUT2D eigenvalue weighted by Crippen LogP contribution is -2.30. The highest BCUT2D eigenvalue weighted by Gasteiger charge is 2.15. The van der Waals surface area contributed by atoms with Crippen LogP contribution in [0.4, 0.5) is 5.69 Å². The van der Waals surface area contributed by atoms with Gasteiger partial charge in [-0.1, -0.05) is 23.7 Å². The first kappa shape index (κ1) is 14.7. The van der Waals surface area contributed by atoms with Crippen molar-refractivity contribution in [3.8, 4) is 6.07 Å². The quantitative estimate of drug-likeness (QED) is 0.837. The minimum atomic E-state index is -1.22. The molecule has 0 spiro atoms. The first-order valence-electron chi connectivity index (χ1n) is 5.40. The van der Waals surface area contributed by atoms with Crippen molar-refractivity contribution in [2.75, 3.05) is 11.4 Å². The summed E-state index contributed by atoms with van der Waals surface area (Å²) in [6.45, 7) is 0.142. The smallest absolute Gasteiger partial charge is 0.328 e. The third-order valence-electron chi connectivity index (χ3n) is 2.22. The topological polar surface area (TPSA) is 81.4 Å². The van der Waals surface area contributed by atoms with Crippen molar-refractivity contribution in [1.82, 2.24) is 0 Å². The Bertz CT molecular complexity index is 549. The van der Waals surface area contributed by atoms with Crippen LogP contribution in [0.2, 0.25) is 5.02 Å². The van der Waals surface area contributed by atoms with E-state index in [-0.39, 0.29) is 13.0 Å². The molecule has 1 aromatic rings. The molecular formula is C13H11ClN2O3. The molecule has 0 aliphatic carbocycles. The summed E-state index contributed by atoms with van der Waals surface area (Å²) in [6.07, 6.45) is 1.81. The van der Waals surface area contributed by atoms with Crippen LogP contribution in [0.5, 0.6) is 0 Å². The molecule has 0 bridgehead atoms. The number of rotatable bonds is 5. The maximum absolute atomic E-state index is 11.9. The number of hydrogen-bond acceptors (Lipinski definition) is 3. The molecule has 0 saturated carbocycles. The highest BCUT2D eigenvalue weighted by molar-refractivity contribution is 6.34. The van der Waals surface area contributed by atoms with Gasteiger partial charge >= 0.3 is 5.97 Å². The molecule has 0 aliphatic rings. The minimum Gasteiger partial charge on any atom is -0.478 e. The lowest BCUT2D eigenvalue weighted by atomic mass is 10.2. The number of aliphatic carboxylic acids is 1. The van der Waals surface area contributed by atoms with Gasteiger partial charge in [-0.05, 0) is 12.1 Å². The van der Waals surface area contributed by atoms with Crippen LogP contribution in [0.3, 0.4) is 0 Å². The van der Waals surface area contributed by atoms with E-state index in [4.69, 9.17) is 22.0 Å². The number of carboxylic acids is 1. The number of anilines is 1. The Hall–Kier alpha value is -2.32. The van der Waals surface area contributed by atoms with Gasteiger partial charge in [0.2, 0.25) is 0 Å². The molecule has 0 atom stereocenters. The van der Waals surface area contributed by atoms with Crippen LogP contribution in [-0.2, 0) is 9.59 Å². The van der Waals surface area contributed by atoms with Crippen LogP contribution in [0.1, 0.15) is 6.42 Å². The largest absolute Gasteiger partial charge is 0.478 e. The molecule has 98 valence electrons. The van der Waals surface area contributed by atoms with Crippen LogP contribution in [0, 0.1) is 11.3 Å².